The van der Waals surface area contributed by atoms with Gasteiger partial charge in [-0.3, -0.25) is 4.90 Å². The molecule has 2 saturated heterocycles. The topological polar surface area (TPSA) is 35.9 Å². The third-order valence-electron chi connectivity index (χ3n) is 3.77. The first-order chi connectivity index (χ1) is 7.75. The first-order valence-electron chi connectivity index (χ1n) is 6.42. The average molecular weight is 228 g/mol. The largest absolute Gasteiger partial charge is 0.391 e. The van der Waals surface area contributed by atoms with Crippen molar-refractivity contribution < 1.29 is 9.84 Å². The van der Waals surface area contributed by atoms with Gasteiger partial charge in [0.05, 0.1) is 12.7 Å². The Balaban J connectivity index is 1.74. The predicted octanol–water partition coefficient (Wildman–Crippen LogP) is 0.0213. The van der Waals surface area contributed by atoms with E-state index in [4.69, 9.17) is 4.74 Å². The summed E-state index contributed by atoms with van der Waals surface area (Å²) >= 11 is 0. The minimum Gasteiger partial charge on any atom is -0.391 e. The van der Waals surface area contributed by atoms with Crippen LogP contribution in [-0.2, 0) is 4.74 Å². The van der Waals surface area contributed by atoms with Crippen LogP contribution in [0.3, 0.4) is 0 Å². The minimum absolute atomic E-state index is 0.203. The first kappa shape index (κ1) is 12.3. The molecule has 2 unspecified atom stereocenters. The first-order valence-corrected chi connectivity index (χ1v) is 6.42. The maximum Gasteiger partial charge on any atom is 0.0718 e. The smallest absolute Gasteiger partial charge is 0.0718 e. The molecule has 2 atom stereocenters. The molecule has 0 aromatic rings. The number of hydrogen-bond acceptors (Lipinski definition) is 4. The predicted molar refractivity (Wildman–Crippen MR) is 63.5 cm³/mol. The van der Waals surface area contributed by atoms with E-state index in [2.05, 4.69) is 16.8 Å². The van der Waals surface area contributed by atoms with Crippen LogP contribution in [0.1, 0.15) is 12.8 Å². The highest BCUT2D eigenvalue weighted by Gasteiger charge is 2.26. The number of likely N-dealkylation sites (N-methyl/N-ethyl adjacent to an activating group) is 1. The molecule has 2 heterocycles. The van der Waals surface area contributed by atoms with E-state index in [0.29, 0.717) is 5.92 Å². The summed E-state index contributed by atoms with van der Waals surface area (Å²) in [6.45, 7) is 6.89. The summed E-state index contributed by atoms with van der Waals surface area (Å²) in [5.41, 5.74) is 0. The van der Waals surface area contributed by atoms with Crippen molar-refractivity contribution in [3.05, 3.63) is 0 Å². The third-order valence-corrected chi connectivity index (χ3v) is 3.77. The highest BCUT2D eigenvalue weighted by molar-refractivity contribution is 4.77. The maximum absolute atomic E-state index is 10.1. The molecule has 0 radical (unpaired) electrons. The lowest BCUT2D eigenvalue weighted by atomic mass is 10.0. The van der Waals surface area contributed by atoms with Crippen LogP contribution in [0.4, 0.5) is 0 Å². The van der Waals surface area contributed by atoms with Crippen molar-refractivity contribution in [2.75, 3.05) is 53.0 Å². The number of rotatable bonds is 3. The van der Waals surface area contributed by atoms with Gasteiger partial charge in [-0.15, -0.1) is 0 Å². The molecule has 4 heteroatoms. The van der Waals surface area contributed by atoms with Crippen LogP contribution in [0.2, 0.25) is 0 Å². The third kappa shape index (κ3) is 3.42. The molecule has 16 heavy (non-hydrogen) atoms. The lowest BCUT2D eigenvalue weighted by Gasteiger charge is -2.25. The van der Waals surface area contributed by atoms with Gasteiger partial charge >= 0.3 is 0 Å². The van der Waals surface area contributed by atoms with Crippen LogP contribution >= 0.6 is 0 Å². The van der Waals surface area contributed by atoms with Gasteiger partial charge < -0.3 is 14.7 Å². The summed E-state index contributed by atoms with van der Waals surface area (Å²) in [5.74, 6) is 0.362. The fraction of sp³-hybridized carbons (Fsp3) is 1.00. The highest BCUT2D eigenvalue weighted by atomic mass is 16.5. The zero-order valence-corrected chi connectivity index (χ0v) is 10.3. The van der Waals surface area contributed by atoms with Crippen molar-refractivity contribution in [2.45, 2.75) is 18.9 Å². The van der Waals surface area contributed by atoms with Gasteiger partial charge in [0.1, 0.15) is 0 Å². The number of ether oxygens (including phenoxy) is 1. The molecular formula is C12H24N2O2. The van der Waals surface area contributed by atoms with Crippen LogP contribution < -0.4 is 0 Å². The molecule has 2 fully saturated rings. The van der Waals surface area contributed by atoms with Crippen molar-refractivity contribution in [3.63, 3.8) is 0 Å². The van der Waals surface area contributed by atoms with Gasteiger partial charge in [0.2, 0.25) is 0 Å². The zero-order chi connectivity index (χ0) is 11.4. The van der Waals surface area contributed by atoms with E-state index in [1.165, 1.54) is 13.0 Å². The molecule has 0 amide bonds. The van der Waals surface area contributed by atoms with Crippen molar-refractivity contribution in [3.8, 4) is 0 Å². The van der Waals surface area contributed by atoms with Crippen LogP contribution in [0.15, 0.2) is 0 Å². The molecule has 0 spiro atoms. The summed E-state index contributed by atoms with van der Waals surface area (Å²) in [7, 11) is 2.17. The summed E-state index contributed by atoms with van der Waals surface area (Å²) in [6.07, 6.45) is 2.03. The van der Waals surface area contributed by atoms with E-state index in [0.717, 1.165) is 45.8 Å². The van der Waals surface area contributed by atoms with Crippen LogP contribution in [0, 0.1) is 5.92 Å². The second-order valence-electron chi connectivity index (χ2n) is 5.15. The molecule has 2 aliphatic heterocycles. The molecule has 2 rings (SSSR count). The van der Waals surface area contributed by atoms with Gasteiger partial charge in [0.25, 0.3) is 0 Å². The Morgan fingerprint density at radius 1 is 1.31 bits per heavy atom. The summed E-state index contributed by atoms with van der Waals surface area (Å²) in [5, 5.41) is 10.1. The maximum atomic E-state index is 10.1. The van der Waals surface area contributed by atoms with Gasteiger partial charge in [0.15, 0.2) is 0 Å². The van der Waals surface area contributed by atoms with Gasteiger partial charge in [-0.05, 0) is 33.0 Å². The van der Waals surface area contributed by atoms with E-state index < -0.39 is 0 Å². The zero-order valence-electron chi connectivity index (χ0n) is 10.3. The summed E-state index contributed by atoms with van der Waals surface area (Å²) in [6, 6.07) is 0. The molecule has 2 aliphatic rings. The molecule has 0 aromatic heterocycles. The van der Waals surface area contributed by atoms with Crippen LogP contribution in [0.5, 0.6) is 0 Å². The lowest BCUT2D eigenvalue weighted by Crippen LogP contribution is -2.38. The van der Waals surface area contributed by atoms with Crippen LogP contribution in [0.25, 0.3) is 0 Å². The standard InChI is InChI=1S/C12H24N2O2/c1-13-4-2-5-14(7-6-13)9-12(15)11-3-8-16-10-11/h11-12,15H,2-10H2,1H3. The Kier molecular flexibility index (Phi) is 4.58. The second kappa shape index (κ2) is 5.96. The number of hydrogen-bond donors (Lipinski definition) is 1. The van der Waals surface area contributed by atoms with Crippen molar-refractivity contribution >= 4 is 0 Å². The fourth-order valence-corrected chi connectivity index (χ4v) is 2.55. The van der Waals surface area contributed by atoms with Crippen molar-refractivity contribution in [1.82, 2.24) is 9.80 Å². The molecule has 4 nitrogen and oxygen atoms in total. The summed E-state index contributed by atoms with van der Waals surface area (Å²) < 4.78 is 5.32. The normalized spacial score (nSPS) is 31.5. The number of β-amino-alcohol motifs (C(OH)–C–C–N with tert-alkyl or cyclic N) is 1. The molecule has 1 N–H and O–H groups in total. The van der Waals surface area contributed by atoms with Gasteiger partial charge in [-0.1, -0.05) is 0 Å². The molecule has 0 bridgehead atoms. The number of aliphatic hydroxyl groups excluding tert-OH is 1. The van der Waals surface area contributed by atoms with Gasteiger partial charge in [-0.25, -0.2) is 0 Å². The number of aliphatic hydroxyl groups is 1. The van der Waals surface area contributed by atoms with Gasteiger partial charge in [0, 0.05) is 32.2 Å². The Hall–Kier alpha value is -0.160. The average Bonchev–Trinajstić information content (AvgIpc) is 2.72. The van der Waals surface area contributed by atoms with E-state index in [1.807, 2.05) is 0 Å². The van der Waals surface area contributed by atoms with Crippen molar-refractivity contribution in [2.24, 2.45) is 5.92 Å². The molecular weight excluding hydrogens is 204 g/mol. The molecule has 0 aromatic carbocycles. The fourth-order valence-electron chi connectivity index (χ4n) is 2.55. The van der Waals surface area contributed by atoms with E-state index in [-0.39, 0.29) is 6.10 Å². The quantitative estimate of drug-likeness (QED) is 0.739. The Morgan fingerprint density at radius 3 is 2.94 bits per heavy atom. The highest BCUT2D eigenvalue weighted by Crippen LogP contribution is 2.17. The van der Waals surface area contributed by atoms with Gasteiger partial charge in [-0.2, -0.15) is 0 Å². The Bertz CT molecular complexity index is 207. The van der Waals surface area contributed by atoms with E-state index in [1.54, 1.807) is 0 Å². The Morgan fingerprint density at radius 2 is 2.19 bits per heavy atom. The monoisotopic (exact) mass is 228 g/mol. The van der Waals surface area contributed by atoms with E-state index >= 15 is 0 Å². The van der Waals surface area contributed by atoms with E-state index in [9.17, 15) is 5.11 Å². The molecule has 94 valence electrons. The Labute approximate surface area is 98.2 Å². The summed E-state index contributed by atoms with van der Waals surface area (Å²) in [4.78, 5) is 4.76. The van der Waals surface area contributed by atoms with Crippen LogP contribution in [-0.4, -0.2) is 74.0 Å². The lowest BCUT2D eigenvalue weighted by molar-refractivity contribution is 0.0571. The molecule has 0 saturated carbocycles. The molecule has 0 aliphatic carbocycles. The minimum atomic E-state index is -0.203. The SMILES string of the molecule is CN1CCCN(CC(O)C2CCOC2)CC1. The number of nitrogens with zero attached hydrogens (tertiary/aromatic N) is 2. The second-order valence-corrected chi connectivity index (χ2v) is 5.15. The van der Waals surface area contributed by atoms with Crippen molar-refractivity contribution in [1.29, 1.82) is 0 Å².